The number of aryl methyl sites for hydroxylation is 1. The van der Waals surface area contributed by atoms with Gasteiger partial charge in [-0.3, -0.25) is 4.90 Å². The molecule has 3 aromatic rings. The Hall–Kier alpha value is -3.32. The number of nitrogens with zero attached hydrogens (tertiary/aromatic N) is 2. The van der Waals surface area contributed by atoms with Crippen LogP contribution in [0.4, 0.5) is 10.5 Å². The quantitative estimate of drug-likeness (QED) is 0.338. The molecule has 5 rings (SSSR count). The topological polar surface area (TPSA) is 71.5 Å². The molecule has 36 heavy (non-hydrogen) atoms. The first-order valence-corrected chi connectivity index (χ1v) is 13.6. The van der Waals surface area contributed by atoms with Crippen LogP contribution in [0.15, 0.2) is 59.5 Å². The summed E-state index contributed by atoms with van der Waals surface area (Å²) in [6, 6.07) is 17.8. The molecule has 2 heterocycles. The fourth-order valence-corrected chi connectivity index (χ4v) is 5.92. The second-order valence-corrected chi connectivity index (χ2v) is 10.5. The number of anilines is 1. The molecule has 0 saturated heterocycles. The predicted molar refractivity (Wildman–Crippen MR) is 144 cm³/mol. The monoisotopic (exact) mass is 501 g/mol. The number of pyridine rings is 1. The number of hydrogen-bond acceptors (Lipinski definition) is 5. The van der Waals surface area contributed by atoms with Crippen LogP contribution in [0.1, 0.15) is 52.9 Å². The summed E-state index contributed by atoms with van der Waals surface area (Å²) in [7, 11) is 1.39. The maximum Gasteiger partial charge on any atom is 0.337 e. The molecular formula is C29H31N3O3S. The molecule has 1 fully saturated rings. The molecule has 186 valence electrons. The number of fused-ring (bicyclic) bond motifs is 2. The largest absolute Gasteiger partial charge is 0.465 e. The summed E-state index contributed by atoms with van der Waals surface area (Å²) < 4.78 is 4.85. The Balaban J connectivity index is 1.42. The van der Waals surface area contributed by atoms with E-state index in [9.17, 15) is 9.59 Å². The van der Waals surface area contributed by atoms with Crippen molar-refractivity contribution in [1.29, 1.82) is 0 Å². The molecule has 0 atom stereocenters. The number of thioether (sulfide) groups is 1. The summed E-state index contributed by atoms with van der Waals surface area (Å²) in [5.74, 6) is -0.349. The lowest BCUT2D eigenvalue weighted by atomic mass is 9.84. The second kappa shape index (κ2) is 9.97. The second-order valence-electron chi connectivity index (χ2n) is 9.67. The van der Waals surface area contributed by atoms with Crippen LogP contribution in [0, 0.1) is 6.92 Å². The Morgan fingerprint density at radius 2 is 1.83 bits per heavy atom. The van der Waals surface area contributed by atoms with Gasteiger partial charge in [-0.25, -0.2) is 14.6 Å². The molecule has 2 amide bonds. The van der Waals surface area contributed by atoms with E-state index in [-0.39, 0.29) is 17.4 Å². The molecular weight excluding hydrogens is 470 g/mol. The average Bonchev–Trinajstić information content (AvgIpc) is 3.52. The molecule has 0 radical (unpaired) electrons. The lowest BCUT2D eigenvalue weighted by molar-refractivity contribution is 0.0600. The third kappa shape index (κ3) is 4.48. The van der Waals surface area contributed by atoms with Crippen molar-refractivity contribution in [3.8, 4) is 11.3 Å². The van der Waals surface area contributed by atoms with Gasteiger partial charge in [0.25, 0.3) is 0 Å². The lowest BCUT2D eigenvalue weighted by Crippen LogP contribution is -2.41. The summed E-state index contributed by atoms with van der Waals surface area (Å²) in [4.78, 5) is 33.5. The number of carbonyl (C=O) groups is 2. The SMILES string of the molecule is COC(=O)c1ccc(-c2ccc3c(n2)C2(CCCC2)CN3C(=O)NCc2ccc(SC)cc2)c(C)c1. The van der Waals surface area contributed by atoms with Crippen LogP contribution >= 0.6 is 11.8 Å². The summed E-state index contributed by atoms with van der Waals surface area (Å²) in [5.41, 5.74) is 6.25. The Morgan fingerprint density at radius 3 is 2.50 bits per heavy atom. The smallest absolute Gasteiger partial charge is 0.337 e. The highest BCUT2D eigenvalue weighted by molar-refractivity contribution is 7.98. The minimum Gasteiger partial charge on any atom is -0.465 e. The Labute approximate surface area is 216 Å². The van der Waals surface area contributed by atoms with Crippen molar-refractivity contribution in [3.63, 3.8) is 0 Å². The molecule has 1 aliphatic carbocycles. The zero-order valence-corrected chi connectivity index (χ0v) is 21.8. The molecule has 1 aliphatic heterocycles. The van der Waals surface area contributed by atoms with Gasteiger partial charge >= 0.3 is 12.0 Å². The van der Waals surface area contributed by atoms with E-state index in [1.807, 2.05) is 36.1 Å². The first-order valence-electron chi connectivity index (χ1n) is 12.3. The van der Waals surface area contributed by atoms with Crippen molar-refractivity contribution in [2.24, 2.45) is 0 Å². The number of urea groups is 1. The number of benzene rings is 2. The average molecular weight is 502 g/mol. The normalized spacial score (nSPS) is 15.7. The van der Waals surface area contributed by atoms with Crippen LogP contribution in [0.3, 0.4) is 0 Å². The molecule has 0 bridgehead atoms. The number of methoxy groups -OCH3 is 1. The standard InChI is InChI=1S/C29H31N3O3S/c1-19-16-21(27(33)35-2)8-11-23(19)24-12-13-25-26(31-24)29(14-4-5-15-29)18-32(25)28(34)30-17-20-6-9-22(36-3)10-7-20/h6-13,16H,4-5,14-15,17-18H2,1-3H3,(H,30,34). The summed E-state index contributed by atoms with van der Waals surface area (Å²) in [5, 5.41) is 3.11. The zero-order valence-electron chi connectivity index (χ0n) is 21.0. The van der Waals surface area contributed by atoms with E-state index in [0.29, 0.717) is 18.7 Å². The van der Waals surface area contributed by atoms with Gasteiger partial charge in [0.2, 0.25) is 0 Å². The van der Waals surface area contributed by atoms with Gasteiger partial charge in [-0.1, -0.05) is 31.0 Å². The predicted octanol–water partition coefficient (Wildman–Crippen LogP) is 6.11. The number of rotatable bonds is 5. The molecule has 7 heteroatoms. The molecule has 6 nitrogen and oxygen atoms in total. The van der Waals surface area contributed by atoms with Crippen LogP contribution in [-0.2, 0) is 16.7 Å². The molecule has 1 saturated carbocycles. The molecule has 2 aliphatic rings. The van der Waals surface area contributed by atoms with Crippen LogP contribution in [0.5, 0.6) is 0 Å². The third-order valence-corrected chi connectivity index (χ3v) is 8.20. The van der Waals surface area contributed by atoms with Gasteiger partial charge in [-0.15, -0.1) is 11.8 Å². The van der Waals surface area contributed by atoms with Crippen molar-refractivity contribution in [1.82, 2.24) is 10.3 Å². The van der Waals surface area contributed by atoms with Crippen LogP contribution in [0.25, 0.3) is 11.3 Å². The van der Waals surface area contributed by atoms with E-state index in [0.717, 1.165) is 59.4 Å². The first kappa shape index (κ1) is 24.4. The van der Waals surface area contributed by atoms with Gasteiger partial charge in [-0.05, 0) is 73.5 Å². The molecule has 1 aromatic heterocycles. The summed E-state index contributed by atoms with van der Waals surface area (Å²) in [6.07, 6.45) is 6.43. The number of amides is 2. The fraction of sp³-hybridized carbons (Fsp3) is 0.345. The van der Waals surface area contributed by atoms with Crippen molar-refractivity contribution in [2.45, 2.75) is 49.5 Å². The van der Waals surface area contributed by atoms with E-state index in [1.165, 1.54) is 12.0 Å². The van der Waals surface area contributed by atoms with Gasteiger partial charge in [0, 0.05) is 29.0 Å². The lowest BCUT2D eigenvalue weighted by Gasteiger charge is -2.24. The number of carbonyl (C=O) groups excluding carboxylic acids is 2. The van der Waals surface area contributed by atoms with Crippen molar-refractivity contribution in [3.05, 3.63) is 77.0 Å². The highest BCUT2D eigenvalue weighted by Crippen LogP contribution is 2.50. The maximum absolute atomic E-state index is 13.3. The van der Waals surface area contributed by atoms with E-state index in [2.05, 4.69) is 35.8 Å². The number of hydrogen-bond donors (Lipinski definition) is 1. The van der Waals surface area contributed by atoms with Crippen molar-refractivity contribution >= 4 is 29.4 Å². The van der Waals surface area contributed by atoms with E-state index < -0.39 is 0 Å². The first-order chi connectivity index (χ1) is 17.4. The Kier molecular flexibility index (Phi) is 6.75. The zero-order chi connectivity index (χ0) is 25.3. The Morgan fingerprint density at radius 1 is 1.08 bits per heavy atom. The fourth-order valence-electron chi connectivity index (χ4n) is 5.51. The summed E-state index contributed by atoms with van der Waals surface area (Å²) in [6.45, 7) is 3.13. The van der Waals surface area contributed by atoms with Gasteiger partial charge < -0.3 is 10.1 Å². The van der Waals surface area contributed by atoms with Gasteiger partial charge in [0.15, 0.2) is 0 Å². The number of nitrogens with one attached hydrogen (secondary N) is 1. The maximum atomic E-state index is 13.3. The van der Waals surface area contributed by atoms with Crippen molar-refractivity contribution in [2.75, 3.05) is 24.8 Å². The van der Waals surface area contributed by atoms with Gasteiger partial charge in [0.1, 0.15) is 0 Å². The minimum atomic E-state index is -0.349. The summed E-state index contributed by atoms with van der Waals surface area (Å²) >= 11 is 1.71. The highest BCUT2D eigenvalue weighted by Gasteiger charge is 2.47. The molecule has 1 spiro atoms. The van der Waals surface area contributed by atoms with Crippen LogP contribution in [0.2, 0.25) is 0 Å². The molecule has 0 unspecified atom stereocenters. The van der Waals surface area contributed by atoms with Crippen molar-refractivity contribution < 1.29 is 14.3 Å². The number of aromatic nitrogens is 1. The highest BCUT2D eigenvalue weighted by atomic mass is 32.2. The number of esters is 1. The number of ether oxygens (including phenoxy) is 1. The third-order valence-electron chi connectivity index (χ3n) is 7.46. The Bertz CT molecular complexity index is 1300. The van der Waals surface area contributed by atoms with Gasteiger partial charge in [-0.2, -0.15) is 0 Å². The van der Waals surface area contributed by atoms with Gasteiger partial charge in [0.05, 0.1) is 29.7 Å². The van der Waals surface area contributed by atoms with E-state index in [1.54, 1.807) is 17.8 Å². The molecule has 2 aromatic carbocycles. The van der Waals surface area contributed by atoms with E-state index in [4.69, 9.17) is 9.72 Å². The van der Waals surface area contributed by atoms with Crippen LogP contribution in [-0.4, -0.2) is 36.9 Å². The minimum absolute atomic E-state index is 0.0814. The van der Waals surface area contributed by atoms with Crippen LogP contribution < -0.4 is 10.2 Å². The molecule has 1 N–H and O–H groups in total. The van der Waals surface area contributed by atoms with E-state index >= 15 is 0 Å².